The van der Waals surface area contributed by atoms with Crippen molar-refractivity contribution in [2.75, 3.05) is 19.7 Å². The van der Waals surface area contributed by atoms with Crippen LogP contribution in [-0.2, 0) is 9.53 Å². The molecule has 17 heavy (non-hydrogen) atoms. The fraction of sp³-hybridized carbons (Fsp3) is 0.923. The van der Waals surface area contributed by atoms with E-state index in [1.54, 1.807) is 0 Å². The van der Waals surface area contributed by atoms with Gasteiger partial charge in [0.25, 0.3) is 0 Å². The Morgan fingerprint density at radius 2 is 2.24 bits per heavy atom. The lowest BCUT2D eigenvalue weighted by Crippen LogP contribution is -2.50. The Bertz CT molecular complexity index is 242. The minimum absolute atomic E-state index is 0.0862. The van der Waals surface area contributed by atoms with Crippen LogP contribution in [0.2, 0.25) is 0 Å². The molecule has 100 valence electrons. The van der Waals surface area contributed by atoms with E-state index >= 15 is 0 Å². The number of carbonyl (C=O) groups excluding carboxylic acids is 1. The largest absolute Gasteiger partial charge is 0.377 e. The molecule has 0 radical (unpaired) electrons. The average Bonchev–Trinajstić information content (AvgIpc) is 2.28. The van der Waals surface area contributed by atoms with Crippen LogP contribution in [0.1, 0.15) is 40.0 Å². The summed E-state index contributed by atoms with van der Waals surface area (Å²) in [7, 11) is 0. The molecule has 2 N–H and O–H groups in total. The number of piperidine rings is 1. The van der Waals surface area contributed by atoms with Crippen LogP contribution in [0.15, 0.2) is 0 Å². The summed E-state index contributed by atoms with van der Waals surface area (Å²) in [5.41, 5.74) is 5.94. The maximum Gasteiger partial charge on any atom is 0.239 e. The fourth-order valence-electron chi connectivity index (χ4n) is 2.35. The molecule has 1 amide bonds. The molecule has 0 aromatic rings. The summed E-state index contributed by atoms with van der Waals surface area (Å²) in [6.07, 6.45) is 3.03. The highest BCUT2D eigenvalue weighted by Gasteiger charge is 2.27. The van der Waals surface area contributed by atoms with Gasteiger partial charge in [-0.3, -0.25) is 4.79 Å². The number of ether oxygens (including phenoxy) is 1. The van der Waals surface area contributed by atoms with Crippen molar-refractivity contribution in [2.24, 2.45) is 11.7 Å². The molecule has 1 unspecified atom stereocenters. The maximum absolute atomic E-state index is 12.1. The molecule has 0 saturated carbocycles. The van der Waals surface area contributed by atoms with Crippen molar-refractivity contribution in [2.45, 2.75) is 52.2 Å². The first-order valence-electron chi connectivity index (χ1n) is 6.70. The van der Waals surface area contributed by atoms with Gasteiger partial charge in [0.15, 0.2) is 0 Å². The Morgan fingerprint density at radius 1 is 1.53 bits per heavy atom. The predicted molar refractivity (Wildman–Crippen MR) is 68.7 cm³/mol. The summed E-state index contributed by atoms with van der Waals surface area (Å²) in [4.78, 5) is 14.0. The number of amides is 1. The second-order valence-corrected chi connectivity index (χ2v) is 5.24. The van der Waals surface area contributed by atoms with Crippen molar-refractivity contribution in [1.29, 1.82) is 0 Å². The van der Waals surface area contributed by atoms with Crippen LogP contribution in [0, 0.1) is 5.92 Å². The smallest absolute Gasteiger partial charge is 0.239 e. The molecule has 1 aliphatic rings. The number of carbonyl (C=O) groups is 1. The van der Waals surface area contributed by atoms with E-state index in [1.807, 2.05) is 11.8 Å². The van der Waals surface area contributed by atoms with Gasteiger partial charge in [-0.1, -0.05) is 13.8 Å². The topological polar surface area (TPSA) is 55.6 Å². The van der Waals surface area contributed by atoms with Gasteiger partial charge in [0, 0.05) is 19.7 Å². The van der Waals surface area contributed by atoms with Crippen molar-refractivity contribution in [3.05, 3.63) is 0 Å². The van der Waals surface area contributed by atoms with Crippen molar-refractivity contribution in [3.8, 4) is 0 Å². The summed E-state index contributed by atoms with van der Waals surface area (Å²) in [6, 6.07) is -0.352. The molecule has 0 spiro atoms. The Morgan fingerprint density at radius 3 is 2.82 bits per heavy atom. The van der Waals surface area contributed by atoms with Crippen LogP contribution in [0.3, 0.4) is 0 Å². The molecule has 4 heteroatoms. The molecule has 1 rings (SSSR count). The first-order chi connectivity index (χ1) is 8.04. The Labute approximate surface area is 104 Å². The molecular weight excluding hydrogens is 216 g/mol. The monoisotopic (exact) mass is 242 g/mol. The van der Waals surface area contributed by atoms with Gasteiger partial charge < -0.3 is 15.4 Å². The lowest BCUT2D eigenvalue weighted by Gasteiger charge is -2.34. The molecule has 4 nitrogen and oxygen atoms in total. The molecular formula is C13H26N2O2. The zero-order chi connectivity index (χ0) is 12.8. The van der Waals surface area contributed by atoms with E-state index in [9.17, 15) is 4.79 Å². The summed E-state index contributed by atoms with van der Waals surface area (Å²) in [5, 5.41) is 0. The van der Waals surface area contributed by atoms with Crippen LogP contribution >= 0.6 is 0 Å². The van der Waals surface area contributed by atoms with Gasteiger partial charge in [0.05, 0.1) is 12.1 Å². The summed E-state index contributed by atoms with van der Waals surface area (Å²) in [6.45, 7) is 8.42. The van der Waals surface area contributed by atoms with Gasteiger partial charge in [0.2, 0.25) is 5.91 Å². The van der Waals surface area contributed by atoms with Gasteiger partial charge in [0.1, 0.15) is 0 Å². The van der Waals surface area contributed by atoms with Crippen molar-refractivity contribution < 1.29 is 9.53 Å². The highest BCUT2D eigenvalue weighted by atomic mass is 16.5. The van der Waals surface area contributed by atoms with Gasteiger partial charge in [-0.05, 0) is 32.1 Å². The van der Waals surface area contributed by atoms with Crippen molar-refractivity contribution in [3.63, 3.8) is 0 Å². The molecule has 1 heterocycles. The maximum atomic E-state index is 12.1. The molecule has 1 fully saturated rings. The standard InChI is InChI=1S/C13H26N2O2/c1-4-17-11-6-5-7-15(9-11)13(16)12(14)8-10(2)3/h10-12H,4-9,14H2,1-3H3/t11?,12-/m0/s1. The lowest BCUT2D eigenvalue weighted by atomic mass is 10.0. The number of hydrogen-bond acceptors (Lipinski definition) is 3. The SMILES string of the molecule is CCOC1CCCN(C(=O)[C@@H](N)CC(C)C)C1. The highest BCUT2D eigenvalue weighted by Crippen LogP contribution is 2.15. The third-order valence-electron chi connectivity index (χ3n) is 3.13. The summed E-state index contributed by atoms with van der Waals surface area (Å²) >= 11 is 0. The van der Waals surface area contributed by atoms with E-state index in [0.717, 1.165) is 25.8 Å². The van der Waals surface area contributed by atoms with Crippen LogP contribution < -0.4 is 5.73 Å². The Hall–Kier alpha value is -0.610. The van der Waals surface area contributed by atoms with Gasteiger partial charge in [-0.25, -0.2) is 0 Å². The van der Waals surface area contributed by atoms with E-state index in [-0.39, 0.29) is 18.1 Å². The number of hydrogen-bond donors (Lipinski definition) is 1. The third-order valence-corrected chi connectivity index (χ3v) is 3.13. The fourth-order valence-corrected chi connectivity index (χ4v) is 2.35. The van der Waals surface area contributed by atoms with Gasteiger partial charge >= 0.3 is 0 Å². The number of nitrogens with zero attached hydrogens (tertiary/aromatic N) is 1. The third kappa shape index (κ3) is 4.64. The Kier molecular flexibility index (Phi) is 5.92. The van der Waals surface area contributed by atoms with E-state index < -0.39 is 0 Å². The summed E-state index contributed by atoms with van der Waals surface area (Å²) < 4.78 is 5.59. The average molecular weight is 242 g/mol. The van der Waals surface area contributed by atoms with E-state index in [4.69, 9.17) is 10.5 Å². The number of rotatable bonds is 5. The zero-order valence-corrected chi connectivity index (χ0v) is 11.3. The van der Waals surface area contributed by atoms with Crippen LogP contribution in [0.4, 0.5) is 0 Å². The van der Waals surface area contributed by atoms with E-state index in [1.165, 1.54) is 0 Å². The van der Waals surface area contributed by atoms with Gasteiger partial charge in [-0.2, -0.15) is 0 Å². The quantitative estimate of drug-likeness (QED) is 0.792. The van der Waals surface area contributed by atoms with Crippen molar-refractivity contribution >= 4 is 5.91 Å². The minimum atomic E-state index is -0.352. The molecule has 1 aliphatic heterocycles. The highest BCUT2D eigenvalue weighted by molar-refractivity contribution is 5.81. The second-order valence-electron chi connectivity index (χ2n) is 5.24. The van der Waals surface area contributed by atoms with E-state index in [0.29, 0.717) is 19.1 Å². The van der Waals surface area contributed by atoms with Gasteiger partial charge in [-0.15, -0.1) is 0 Å². The van der Waals surface area contributed by atoms with Crippen LogP contribution in [-0.4, -0.2) is 42.6 Å². The van der Waals surface area contributed by atoms with Crippen molar-refractivity contribution in [1.82, 2.24) is 4.90 Å². The van der Waals surface area contributed by atoms with Crippen LogP contribution in [0.25, 0.3) is 0 Å². The molecule has 0 aromatic carbocycles. The predicted octanol–water partition coefficient (Wildman–Crippen LogP) is 1.39. The Balaban J connectivity index is 2.45. The molecule has 1 saturated heterocycles. The first kappa shape index (κ1) is 14.5. The summed E-state index contributed by atoms with van der Waals surface area (Å²) in [5.74, 6) is 0.546. The first-order valence-corrected chi connectivity index (χ1v) is 6.70. The second kappa shape index (κ2) is 6.97. The zero-order valence-electron chi connectivity index (χ0n) is 11.3. The number of likely N-dealkylation sites (tertiary alicyclic amines) is 1. The lowest BCUT2D eigenvalue weighted by molar-refractivity contribution is -0.137. The van der Waals surface area contributed by atoms with Crippen LogP contribution in [0.5, 0.6) is 0 Å². The normalized spacial score (nSPS) is 22.9. The molecule has 0 bridgehead atoms. The molecule has 0 aromatic heterocycles. The number of nitrogens with two attached hydrogens (primary N) is 1. The molecule has 2 atom stereocenters. The minimum Gasteiger partial charge on any atom is -0.377 e. The van der Waals surface area contributed by atoms with E-state index in [2.05, 4.69) is 13.8 Å². The molecule has 0 aliphatic carbocycles.